The van der Waals surface area contributed by atoms with Gasteiger partial charge in [0.25, 0.3) is 5.91 Å². The lowest BCUT2D eigenvalue weighted by atomic mass is 10.1. The van der Waals surface area contributed by atoms with E-state index in [9.17, 15) is 9.59 Å². The zero-order valence-electron chi connectivity index (χ0n) is 14.5. The molecule has 0 spiro atoms. The van der Waals surface area contributed by atoms with Gasteiger partial charge in [-0.05, 0) is 36.1 Å². The smallest absolute Gasteiger partial charge is 0.263 e. The highest BCUT2D eigenvalue weighted by atomic mass is 32.1. The third-order valence-corrected chi connectivity index (χ3v) is 4.27. The fraction of sp³-hybridized carbons (Fsp3) is 0.278. The van der Waals surface area contributed by atoms with Gasteiger partial charge in [-0.1, -0.05) is 23.4 Å². The Morgan fingerprint density at radius 3 is 2.52 bits per heavy atom. The number of rotatable bonds is 7. The second kappa shape index (κ2) is 8.98. The number of likely N-dealkylation sites (N-methyl/N-ethyl adjacent to an activating group) is 1. The van der Waals surface area contributed by atoms with E-state index in [1.54, 1.807) is 42.3 Å². The molecule has 1 aromatic carbocycles. The molecule has 6 nitrogen and oxygen atoms in total. The summed E-state index contributed by atoms with van der Waals surface area (Å²) in [6.45, 7) is 3.71. The van der Waals surface area contributed by atoms with Crippen LogP contribution in [-0.4, -0.2) is 36.1 Å². The van der Waals surface area contributed by atoms with Gasteiger partial charge in [0.2, 0.25) is 5.91 Å². The molecule has 132 valence electrons. The summed E-state index contributed by atoms with van der Waals surface area (Å²) in [7, 11) is 1.74. The quantitative estimate of drug-likeness (QED) is 0.610. The molecule has 0 aliphatic heterocycles. The van der Waals surface area contributed by atoms with Crippen molar-refractivity contribution >= 4 is 34.6 Å². The average Bonchev–Trinajstić information content (AvgIpc) is 3.07. The third kappa shape index (κ3) is 6.04. The fourth-order valence-electron chi connectivity index (χ4n) is 2.07. The number of carbonyl (C=O) groups is 2. The normalized spacial score (nSPS) is 11.1. The maximum atomic E-state index is 12.0. The number of nitrogens with one attached hydrogen (secondary N) is 1. The van der Waals surface area contributed by atoms with E-state index >= 15 is 0 Å². The lowest BCUT2D eigenvalue weighted by Crippen LogP contribution is -2.29. The molecular weight excluding hydrogens is 338 g/mol. The second-order valence-electron chi connectivity index (χ2n) is 5.54. The van der Waals surface area contributed by atoms with Crippen LogP contribution in [0.1, 0.15) is 24.3 Å². The first-order valence-corrected chi connectivity index (χ1v) is 8.64. The van der Waals surface area contributed by atoms with Gasteiger partial charge in [-0.2, -0.15) is 0 Å². The van der Waals surface area contributed by atoms with Crippen LogP contribution in [0.2, 0.25) is 0 Å². The lowest BCUT2D eigenvalue weighted by Gasteiger charge is -2.15. The summed E-state index contributed by atoms with van der Waals surface area (Å²) in [5.41, 5.74) is 2.23. The maximum absolute atomic E-state index is 12.0. The molecule has 0 aliphatic rings. The monoisotopic (exact) mass is 359 g/mol. The molecule has 1 aromatic heterocycles. The van der Waals surface area contributed by atoms with Gasteiger partial charge in [-0.25, -0.2) is 0 Å². The summed E-state index contributed by atoms with van der Waals surface area (Å²) >= 11 is 1.61. The Balaban J connectivity index is 1.83. The van der Waals surface area contributed by atoms with E-state index in [0.717, 1.165) is 16.1 Å². The zero-order valence-corrected chi connectivity index (χ0v) is 15.3. The summed E-state index contributed by atoms with van der Waals surface area (Å²) in [6.07, 6.45) is 0. The highest BCUT2D eigenvalue weighted by molar-refractivity contribution is 7.09. The molecule has 0 atom stereocenters. The van der Waals surface area contributed by atoms with Crippen molar-refractivity contribution in [2.24, 2.45) is 5.16 Å². The first kappa shape index (κ1) is 18.7. The summed E-state index contributed by atoms with van der Waals surface area (Å²) in [6, 6.07) is 11.2. The Morgan fingerprint density at radius 2 is 1.92 bits per heavy atom. The van der Waals surface area contributed by atoms with E-state index in [2.05, 4.69) is 10.5 Å². The van der Waals surface area contributed by atoms with Gasteiger partial charge in [-0.3, -0.25) is 9.59 Å². The van der Waals surface area contributed by atoms with Crippen LogP contribution in [-0.2, 0) is 21.0 Å². The van der Waals surface area contributed by atoms with E-state index in [-0.39, 0.29) is 18.4 Å². The van der Waals surface area contributed by atoms with Gasteiger partial charge in [0, 0.05) is 24.5 Å². The van der Waals surface area contributed by atoms with Crippen molar-refractivity contribution < 1.29 is 14.4 Å². The Labute approximate surface area is 151 Å². The molecule has 0 fully saturated rings. The van der Waals surface area contributed by atoms with Gasteiger partial charge in [-0.15, -0.1) is 11.3 Å². The average molecular weight is 359 g/mol. The van der Waals surface area contributed by atoms with Gasteiger partial charge >= 0.3 is 0 Å². The number of thiophene rings is 1. The van der Waals surface area contributed by atoms with Crippen molar-refractivity contribution in [1.29, 1.82) is 0 Å². The second-order valence-corrected chi connectivity index (χ2v) is 6.57. The van der Waals surface area contributed by atoms with Crippen LogP contribution in [0.15, 0.2) is 46.9 Å². The summed E-state index contributed by atoms with van der Waals surface area (Å²) < 4.78 is 0. The third-order valence-electron chi connectivity index (χ3n) is 3.41. The van der Waals surface area contributed by atoms with E-state index < -0.39 is 0 Å². The standard InChI is InChI=1S/C18H21N3O3S/c1-13(15-6-8-16(9-7-15)19-14(2)22)20-24-12-18(23)21(3)11-17-5-4-10-25-17/h4-10H,11-12H2,1-3H3,(H,19,22)/b20-13+. The van der Waals surface area contributed by atoms with Crippen LogP contribution in [0.25, 0.3) is 0 Å². The highest BCUT2D eigenvalue weighted by Crippen LogP contribution is 2.12. The summed E-state index contributed by atoms with van der Waals surface area (Å²) in [4.78, 5) is 30.9. The molecule has 7 heteroatoms. The first-order valence-electron chi connectivity index (χ1n) is 7.76. The Bertz CT molecular complexity index is 739. The molecule has 2 aromatic rings. The van der Waals surface area contributed by atoms with Crippen LogP contribution in [0.4, 0.5) is 5.69 Å². The Kier molecular flexibility index (Phi) is 6.71. The molecular formula is C18H21N3O3S. The number of hydrogen-bond donors (Lipinski definition) is 1. The largest absolute Gasteiger partial charge is 0.385 e. The van der Waals surface area contributed by atoms with Crippen LogP contribution < -0.4 is 5.32 Å². The van der Waals surface area contributed by atoms with Crippen LogP contribution in [0, 0.1) is 0 Å². The lowest BCUT2D eigenvalue weighted by molar-refractivity contribution is -0.135. The van der Waals surface area contributed by atoms with E-state index in [4.69, 9.17) is 4.84 Å². The predicted octanol–water partition coefficient (Wildman–Crippen LogP) is 3.11. The molecule has 0 unspecified atom stereocenters. The number of amides is 2. The van der Waals surface area contributed by atoms with Crippen molar-refractivity contribution in [3.63, 3.8) is 0 Å². The van der Waals surface area contributed by atoms with Crippen molar-refractivity contribution in [3.05, 3.63) is 52.2 Å². The minimum Gasteiger partial charge on any atom is -0.385 e. The zero-order chi connectivity index (χ0) is 18.2. The Hall–Kier alpha value is -2.67. The van der Waals surface area contributed by atoms with E-state index in [1.807, 2.05) is 29.6 Å². The highest BCUT2D eigenvalue weighted by Gasteiger charge is 2.10. The summed E-state index contributed by atoms with van der Waals surface area (Å²) in [5, 5.41) is 8.67. The van der Waals surface area contributed by atoms with E-state index in [1.165, 1.54) is 6.92 Å². The summed E-state index contributed by atoms with van der Waals surface area (Å²) in [5.74, 6) is -0.252. The van der Waals surface area contributed by atoms with Crippen molar-refractivity contribution in [2.75, 3.05) is 19.0 Å². The van der Waals surface area contributed by atoms with Crippen LogP contribution >= 0.6 is 11.3 Å². The number of anilines is 1. The van der Waals surface area contributed by atoms with Crippen molar-refractivity contribution in [3.8, 4) is 0 Å². The molecule has 0 aliphatic carbocycles. The number of oxime groups is 1. The van der Waals surface area contributed by atoms with Gasteiger partial charge < -0.3 is 15.1 Å². The minimum atomic E-state index is -0.133. The fourth-order valence-corrected chi connectivity index (χ4v) is 2.83. The predicted molar refractivity (Wildman–Crippen MR) is 99.7 cm³/mol. The number of benzene rings is 1. The maximum Gasteiger partial charge on any atom is 0.263 e. The van der Waals surface area contributed by atoms with Crippen LogP contribution in [0.5, 0.6) is 0 Å². The number of hydrogen-bond acceptors (Lipinski definition) is 5. The molecule has 0 radical (unpaired) electrons. The van der Waals surface area contributed by atoms with Crippen LogP contribution in [0.3, 0.4) is 0 Å². The minimum absolute atomic E-state index is 0.108. The molecule has 0 saturated carbocycles. The number of nitrogens with zero attached hydrogens (tertiary/aromatic N) is 2. The molecule has 2 amide bonds. The SMILES string of the molecule is CC(=O)Nc1ccc(/C(C)=N/OCC(=O)N(C)Cc2cccs2)cc1. The van der Waals surface area contributed by atoms with E-state index in [0.29, 0.717) is 12.3 Å². The van der Waals surface area contributed by atoms with Crippen molar-refractivity contribution in [1.82, 2.24) is 4.90 Å². The number of carbonyl (C=O) groups excluding carboxylic acids is 2. The first-order chi connectivity index (χ1) is 12.0. The molecule has 0 saturated heterocycles. The molecule has 1 heterocycles. The molecule has 25 heavy (non-hydrogen) atoms. The Morgan fingerprint density at radius 1 is 1.20 bits per heavy atom. The topological polar surface area (TPSA) is 71.0 Å². The van der Waals surface area contributed by atoms with Gasteiger partial charge in [0.15, 0.2) is 6.61 Å². The van der Waals surface area contributed by atoms with Gasteiger partial charge in [0.05, 0.1) is 12.3 Å². The van der Waals surface area contributed by atoms with Crippen molar-refractivity contribution in [2.45, 2.75) is 20.4 Å². The molecule has 0 bridgehead atoms. The molecule has 2 rings (SSSR count). The molecule has 1 N–H and O–H groups in total. The van der Waals surface area contributed by atoms with Gasteiger partial charge in [0.1, 0.15) is 0 Å².